The minimum Gasteiger partial charge on any atom is -0.431 e. The SMILES string of the molecule is NCc1ccnnc1Sc1nc2ccccc2o1. The molecule has 6 heteroatoms. The number of nitrogens with zero attached hydrogens (tertiary/aromatic N) is 3. The molecule has 2 heterocycles. The Morgan fingerprint density at radius 2 is 2.11 bits per heavy atom. The van der Waals surface area contributed by atoms with Crippen LogP contribution >= 0.6 is 11.8 Å². The summed E-state index contributed by atoms with van der Waals surface area (Å²) in [5.74, 6) is 0. The van der Waals surface area contributed by atoms with E-state index < -0.39 is 0 Å². The third kappa shape index (κ3) is 2.07. The van der Waals surface area contributed by atoms with E-state index >= 15 is 0 Å². The first-order chi connectivity index (χ1) is 8.86. The number of benzene rings is 1. The van der Waals surface area contributed by atoms with Crippen LogP contribution in [-0.2, 0) is 6.54 Å². The Kier molecular flexibility index (Phi) is 2.95. The Labute approximate surface area is 107 Å². The minimum absolute atomic E-state index is 0.415. The lowest BCUT2D eigenvalue weighted by Gasteiger charge is -2.00. The maximum Gasteiger partial charge on any atom is 0.263 e. The highest BCUT2D eigenvalue weighted by Gasteiger charge is 2.10. The Morgan fingerprint density at radius 1 is 1.22 bits per heavy atom. The third-order valence-corrected chi connectivity index (χ3v) is 3.33. The molecule has 3 aromatic rings. The summed E-state index contributed by atoms with van der Waals surface area (Å²) in [6.45, 7) is 0.415. The molecule has 0 aliphatic rings. The molecule has 18 heavy (non-hydrogen) atoms. The number of fused-ring (bicyclic) bond motifs is 1. The molecule has 0 aliphatic carbocycles. The standard InChI is InChI=1S/C12H10N4OS/c13-7-8-5-6-14-16-11(8)18-12-15-9-3-1-2-4-10(9)17-12/h1-6H,7,13H2. The van der Waals surface area contributed by atoms with Crippen molar-refractivity contribution in [3.8, 4) is 0 Å². The summed E-state index contributed by atoms with van der Waals surface area (Å²) in [4.78, 5) is 4.37. The van der Waals surface area contributed by atoms with Gasteiger partial charge in [-0.1, -0.05) is 12.1 Å². The lowest BCUT2D eigenvalue weighted by molar-refractivity contribution is 0.489. The second-order valence-corrected chi connectivity index (χ2v) is 4.56. The first kappa shape index (κ1) is 11.2. The van der Waals surface area contributed by atoms with Crippen LogP contribution in [0.4, 0.5) is 0 Å². The number of para-hydroxylation sites is 2. The molecular weight excluding hydrogens is 248 g/mol. The molecule has 2 aromatic heterocycles. The molecular formula is C12H10N4OS. The van der Waals surface area contributed by atoms with E-state index in [1.54, 1.807) is 6.20 Å². The van der Waals surface area contributed by atoms with Crippen molar-refractivity contribution in [3.63, 3.8) is 0 Å². The zero-order valence-corrected chi connectivity index (χ0v) is 10.2. The van der Waals surface area contributed by atoms with Gasteiger partial charge >= 0.3 is 0 Å². The fraction of sp³-hybridized carbons (Fsp3) is 0.0833. The Morgan fingerprint density at radius 3 is 2.94 bits per heavy atom. The lowest BCUT2D eigenvalue weighted by Crippen LogP contribution is -2.00. The largest absolute Gasteiger partial charge is 0.431 e. The van der Waals surface area contributed by atoms with Crippen molar-refractivity contribution in [1.29, 1.82) is 0 Å². The average Bonchev–Trinajstić information content (AvgIpc) is 2.81. The predicted octanol–water partition coefficient (Wildman–Crippen LogP) is 2.23. The van der Waals surface area contributed by atoms with Gasteiger partial charge in [0, 0.05) is 18.3 Å². The fourth-order valence-electron chi connectivity index (χ4n) is 1.56. The summed E-state index contributed by atoms with van der Waals surface area (Å²) in [5, 5.41) is 9.17. The van der Waals surface area contributed by atoms with Crippen molar-refractivity contribution in [1.82, 2.24) is 15.2 Å². The van der Waals surface area contributed by atoms with E-state index in [1.807, 2.05) is 30.3 Å². The van der Waals surface area contributed by atoms with E-state index in [0.29, 0.717) is 11.8 Å². The van der Waals surface area contributed by atoms with Gasteiger partial charge < -0.3 is 10.2 Å². The smallest absolute Gasteiger partial charge is 0.263 e. The van der Waals surface area contributed by atoms with Gasteiger partial charge in [-0.15, -0.1) is 5.10 Å². The van der Waals surface area contributed by atoms with E-state index in [4.69, 9.17) is 10.2 Å². The first-order valence-electron chi connectivity index (χ1n) is 5.41. The Hall–Kier alpha value is -1.92. The van der Waals surface area contributed by atoms with Gasteiger partial charge in [0.25, 0.3) is 5.22 Å². The molecule has 0 fully saturated rings. The van der Waals surface area contributed by atoms with Crippen LogP contribution in [-0.4, -0.2) is 15.2 Å². The monoisotopic (exact) mass is 258 g/mol. The summed E-state index contributed by atoms with van der Waals surface area (Å²) in [5.41, 5.74) is 8.17. The second-order valence-electron chi connectivity index (χ2n) is 3.62. The van der Waals surface area contributed by atoms with Crippen molar-refractivity contribution in [2.24, 2.45) is 5.73 Å². The number of hydrogen-bond donors (Lipinski definition) is 1. The highest BCUT2D eigenvalue weighted by molar-refractivity contribution is 7.99. The van der Waals surface area contributed by atoms with Crippen molar-refractivity contribution in [2.45, 2.75) is 16.8 Å². The van der Waals surface area contributed by atoms with Crippen LogP contribution in [0.25, 0.3) is 11.1 Å². The maximum absolute atomic E-state index is 5.65. The molecule has 0 atom stereocenters. The number of oxazole rings is 1. The van der Waals surface area contributed by atoms with Crippen molar-refractivity contribution in [3.05, 3.63) is 42.1 Å². The normalized spacial score (nSPS) is 10.9. The molecule has 3 rings (SSSR count). The van der Waals surface area contributed by atoms with E-state index in [2.05, 4.69) is 15.2 Å². The van der Waals surface area contributed by atoms with Crippen LogP contribution in [0.15, 0.2) is 51.2 Å². The molecule has 0 spiro atoms. The van der Waals surface area contributed by atoms with Crippen LogP contribution in [0.3, 0.4) is 0 Å². The predicted molar refractivity (Wildman–Crippen MR) is 68.1 cm³/mol. The summed E-state index contributed by atoms with van der Waals surface area (Å²) in [7, 11) is 0. The van der Waals surface area contributed by atoms with E-state index in [1.165, 1.54) is 11.8 Å². The quantitative estimate of drug-likeness (QED) is 0.776. The topological polar surface area (TPSA) is 77.8 Å². The van der Waals surface area contributed by atoms with Crippen molar-refractivity contribution >= 4 is 22.9 Å². The van der Waals surface area contributed by atoms with Crippen molar-refractivity contribution in [2.75, 3.05) is 0 Å². The van der Waals surface area contributed by atoms with Gasteiger partial charge in [0.05, 0.1) is 0 Å². The third-order valence-electron chi connectivity index (χ3n) is 2.44. The van der Waals surface area contributed by atoms with Gasteiger partial charge in [-0.05, 0) is 30.0 Å². The molecule has 0 saturated heterocycles. The fourth-order valence-corrected chi connectivity index (χ4v) is 2.37. The molecule has 0 saturated carbocycles. The maximum atomic E-state index is 5.65. The Balaban J connectivity index is 1.96. The van der Waals surface area contributed by atoms with Crippen LogP contribution in [0, 0.1) is 0 Å². The van der Waals surface area contributed by atoms with E-state index in [9.17, 15) is 0 Å². The molecule has 5 nitrogen and oxygen atoms in total. The number of nitrogens with two attached hydrogens (primary N) is 1. The molecule has 0 amide bonds. The van der Waals surface area contributed by atoms with E-state index in [-0.39, 0.29) is 0 Å². The zero-order chi connectivity index (χ0) is 12.4. The molecule has 90 valence electrons. The molecule has 0 bridgehead atoms. The molecule has 1 aromatic carbocycles. The first-order valence-corrected chi connectivity index (χ1v) is 6.22. The zero-order valence-electron chi connectivity index (χ0n) is 9.41. The van der Waals surface area contributed by atoms with Gasteiger partial charge in [-0.2, -0.15) is 5.10 Å². The Bertz CT molecular complexity index is 649. The summed E-state index contributed by atoms with van der Waals surface area (Å²) < 4.78 is 5.61. The minimum atomic E-state index is 0.415. The van der Waals surface area contributed by atoms with E-state index in [0.717, 1.165) is 21.7 Å². The number of hydrogen-bond acceptors (Lipinski definition) is 6. The average molecular weight is 258 g/mol. The van der Waals surface area contributed by atoms with Crippen LogP contribution in [0.1, 0.15) is 5.56 Å². The molecule has 0 unspecified atom stereocenters. The lowest BCUT2D eigenvalue weighted by atomic mass is 10.3. The van der Waals surface area contributed by atoms with Gasteiger partial charge in [0.2, 0.25) is 0 Å². The van der Waals surface area contributed by atoms with Gasteiger partial charge in [-0.3, -0.25) is 0 Å². The second kappa shape index (κ2) is 4.75. The van der Waals surface area contributed by atoms with Gasteiger partial charge in [0.15, 0.2) is 5.58 Å². The highest BCUT2D eigenvalue weighted by atomic mass is 32.2. The summed E-state index contributed by atoms with van der Waals surface area (Å²) in [6, 6.07) is 9.47. The van der Waals surface area contributed by atoms with Gasteiger partial charge in [-0.25, -0.2) is 4.98 Å². The number of rotatable bonds is 3. The molecule has 0 aliphatic heterocycles. The van der Waals surface area contributed by atoms with Crippen LogP contribution in [0.2, 0.25) is 0 Å². The summed E-state index contributed by atoms with van der Waals surface area (Å²) in [6.07, 6.45) is 1.62. The van der Waals surface area contributed by atoms with Crippen LogP contribution < -0.4 is 5.73 Å². The van der Waals surface area contributed by atoms with Crippen LogP contribution in [0.5, 0.6) is 0 Å². The molecule has 2 N–H and O–H groups in total. The number of aromatic nitrogens is 3. The van der Waals surface area contributed by atoms with Crippen molar-refractivity contribution < 1.29 is 4.42 Å². The summed E-state index contributed by atoms with van der Waals surface area (Å²) >= 11 is 1.33. The molecule has 0 radical (unpaired) electrons. The highest BCUT2D eigenvalue weighted by Crippen LogP contribution is 2.29. The van der Waals surface area contributed by atoms with Gasteiger partial charge in [0.1, 0.15) is 10.5 Å².